The van der Waals surface area contributed by atoms with E-state index >= 15 is 0 Å². The lowest BCUT2D eigenvalue weighted by atomic mass is 10.3. The molecular formula is C9H10N2O. The van der Waals surface area contributed by atoms with Crippen LogP contribution in [0.15, 0.2) is 29.3 Å². The van der Waals surface area contributed by atoms with Crippen molar-refractivity contribution in [2.75, 3.05) is 5.73 Å². The monoisotopic (exact) mass is 162 g/mol. The summed E-state index contributed by atoms with van der Waals surface area (Å²) in [4.78, 5) is 14.4. The molecule has 1 aromatic rings. The molecular weight excluding hydrogens is 152 g/mol. The highest BCUT2D eigenvalue weighted by atomic mass is 16.1. The Morgan fingerprint density at radius 1 is 1.58 bits per heavy atom. The van der Waals surface area contributed by atoms with Crippen LogP contribution in [-0.2, 0) is 4.79 Å². The standard InChI is InChI=1S/C9H10N2O/c1-7(12)6-11-9-4-2-3-8(10)5-9/h2-6H,10H2,1H3. The third-order valence-electron chi connectivity index (χ3n) is 1.27. The first kappa shape index (κ1) is 8.46. The van der Waals surface area contributed by atoms with Crippen molar-refractivity contribution in [2.24, 2.45) is 4.99 Å². The van der Waals surface area contributed by atoms with Gasteiger partial charge in [0.05, 0.1) is 11.9 Å². The van der Waals surface area contributed by atoms with Crippen LogP contribution < -0.4 is 5.73 Å². The van der Waals surface area contributed by atoms with Crippen LogP contribution in [0, 0.1) is 0 Å². The van der Waals surface area contributed by atoms with E-state index in [1.807, 2.05) is 0 Å². The van der Waals surface area contributed by atoms with E-state index in [9.17, 15) is 4.79 Å². The Bertz CT molecular complexity index is 318. The van der Waals surface area contributed by atoms with E-state index in [4.69, 9.17) is 5.73 Å². The Morgan fingerprint density at radius 3 is 2.92 bits per heavy atom. The van der Waals surface area contributed by atoms with Crippen molar-refractivity contribution >= 4 is 23.4 Å². The normalized spacial score (nSPS) is 10.4. The first-order valence-corrected chi connectivity index (χ1v) is 3.58. The smallest absolute Gasteiger partial charge is 0.170 e. The minimum atomic E-state index is -0.0718. The van der Waals surface area contributed by atoms with Crippen molar-refractivity contribution in [2.45, 2.75) is 6.92 Å². The van der Waals surface area contributed by atoms with Gasteiger partial charge in [-0.15, -0.1) is 0 Å². The van der Waals surface area contributed by atoms with Crippen molar-refractivity contribution in [1.29, 1.82) is 0 Å². The molecule has 12 heavy (non-hydrogen) atoms. The molecule has 0 saturated carbocycles. The van der Waals surface area contributed by atoms with Crippen LogP contribution in [0.3, 0.4) is 0 Å². The van der Waals surface area contributed by atoms with Gasteiger partial charge in [0.25, 0.3) is 0 Å². The molecule has 0 fully saturated rings. The molecule has 62 valence electrons. The van der Waals surface area contributed by atoms with Gasteiger partial charge in [-0.2, -0.15) is 0 Å². The highest BCUT2D eigenvalue weighted by Crippen LogP contribution is 2.14. The number of nitrogen functional groups attached to an aromatic ring is 1. The van der Waals surface area contributed by atoms with Crippen molar-refractivity contribution in [1.82, 2.24) is 0 Å². The van der Waals surface area contributed by atoms with E-state index in [-0.39, 0.29) is 5.78 Å². The van der Waals surface area contributed by atoms with Gasteiger partial charge in [0.15, 0.2) is 5.78 Å². The molecule has 0 unspecified atom stereocenters. The van der Waals surface area contributed by atoms with Crippen LogP contribution in [0.2, 0.25) is 0 Å². The molecule has 3 nitrogen and oxygen atoms in total. The summed E-state index contributed by atoms with van der Waals surface area (Å²) in [6.45, 7) is 1.45. The quantitative estimate of drug-likeness (QED) is 0.530. The SMILES string of the molecule is CC(=O)C=Nc1cccc(N)c1. The molecule has 0 aliphatic carbocycles. The summed E-state index contributed by atoms with van der Waals surface area (Å²) < 4.78 is 0. The van der Waals surface area contributed by atoms with Gasteiger partial charge in [0.2, 0.25) is 0 Å². The number of Topliss-reactive ketones (excluding diaryl/α,β-unsaturated/α-hetero) is 1. The Hall–Kier alpha value is -1.64. The molecule has 0 aliphatic rings. The molecule has 0 bridgehead atoms. The summed E-state index contributed by atoms with van der Waals surface area (Å²) in [6, 6.07) is 7.06. The summed E-state index contributed by atoms with van der Waals surface area (Å²) in [6.07, 6.45) is 1.27. The van der Waals surface area contributed by atoms with Crippen LogP contribution in [-0.4, -0.2) is 12.0 Å². The van der Waals surface area contributed by atoms with E-state index in [0.717, 1.165) is 0 Å². The van der Waals surface area contributed by atoms with Crippen LogP contribution in [0.5, 0.6) is 0 Å². The third kappa shape index (κ3) is 2.54. The lowest BCUT2D eigenvalue weighted by Gasteiger charge is -1.93. The number of hydrogen-bond acceptors (Lipinski definition) is 3. The van der Waals surface area contributed by atoms with Crippen LogP contribution in [0.25, 0.3) is 0 Å². The molecule has 0 atom stereocenters. The minimum Gasteiger partial charge on any atom is -0.399 e. The number of rotatable bonds is 2. The van der Waals surface area contributed by atoms with Crippen molar-refractivity contribution in [3.8, 4) is 0 Å². The number of hydrogen-bond donors (Lipinski definition) is 1. The van der Waals surface area contributed by atoms with Gasteiger partial charge in [0.1, 0.15) is 0 Å². The second-order valence-electron chi connectivity index (χ2n) is 2.46. The zero-order valence-electron chi connectivity index (χ0n) is 6.82. The van der Waals surface area contributed by atoms with Crippen LogP contribution in [0.4, 0.5) is 11.4 Å². The Morgan fingerprint density at radius 2 is 2.33 bits per heavy atom. The van der Waals surface area contributed by atoms with Gasteiger partial charge in [-0.3, -0.25) is 9.79 Å². The molecule has 2 N–H and O–H groups in total. The maximum absolute atomic E-state index is 10.5. The van der Waals surface area contributed by atoms with Crippen molar-refractivity contribution in [3.05, 3.63) is 24.3 Å². The number of benzene rings is 1. The molecule has 0 saturated heterocycles. The van der Waals surface area contributed by atoms with E-state index in [2.05, 4.69) is 4.99 Å². The van der Waals surface area contributed by atoms with Gasteiger partial charge in [0, 0.05) is 12.6 Å². The fraction of sp³-hybridized carbons (Fsp3) is 0.111. The minimum absolute atomic E-state index is 0.0718. The van der Waals surface area contributed by atoms with Gasteiger partial charge >= 0.3 is 0 Å². The molecule has 0 spiro atoms. The number of nitrogens with zero attached hydrogens (tertiary/aromatic N) is 1. The van der Waals surface area contributed by atoms with Gasteiger partial charge in [-0.05, 0) is 18.2 Å². The van der Waals surface area contributed by atoms with E-state index < -0.39 is 0 Å². The fourth-order valence-electron chi connectivity index (χ4n) is 0.771. The molecule has 3 heteroatoms. The topological polar surface area (TPSA) is 55.5 Å². The number of carbonyl (C=O) groups is 1. The zero-order valence-corrected chi connectivity index (χ0v) is 6.82. The van der Waals surface area contributed by atoms with Crippen LogP contribution >= 0.6 is 0 Å². The largest absolute Gasteiger partial charge is 0.399 e. The van der Waals surface area contributed by atoms with Crippen molar-refractivity contribution in [3.63, 3.8) is 0 Å². The highest BCUT2D eigenvalue weighted by molar-refractivity contribution is 6.26. The second-order valence-corrected chi connectivity index (χ2v) is 2.46. The maximum atomic E-state index is 10.5. The van der Waals surface area contributed by atoms with Crippen molar-refractivity contribution < 1.29 is 4.79 Å². The summed E-state index contributed by atoms with van der Waals surface area (Å²) in [7, 11) is 0. The Kier molecular flexibility index (Phi) is 2.58. The Balaban J connectivity index is 2.83. The van der Waals surface area contributed by atoms with Crippen LogP contribution in [0.1, 0.15) is 6.92 Å². The number of anilines is 1. The molecule has 1 aromatic carbocycles. The number of nitrogens with two attached hydrogens (primary N) is 1. The van der Waals surface area contributed by atoms with Gasteiger partial charge < -0.3 is 5.73 Å². The lowest BCUT2D eigenvalue weighted by molar-refractivity contribution is -0.110. The summed E-state index contributed by atoms with van der Waals surface area (Å²) in [5.41, 5.74) is 6.85. The zero-order chi connectivity index (χ0) is 8.97. The molecule has 0 radical (unpaired) electrons. The second kappa shape index (κ2) is 3.67. The summed E-state index contributed by atoms with van der Waals surface area (Å²) >= 11 is 0. The first-order chi connectivity index (χ1) is 5.68. The first-order valence-electron chi connectivity index (χ1n) is 3.58. The maximum Gasteiger partial charge on any atom is 0.170 e. The predicted molar refractivity (Wildman–Crippen MR) is 49.7 cm³/mol. The van der Waals surface area contributed by atoms with Gasteiger partial charge in [-0.1, -0.05) is 6.07 Å². The fourth-order valence-corrected chi connectivity index (χ4v) is 0.771. The summed E-state index contributed by atoms with van der Waals surface area (Å²) in [5, 5.41) is 0. The molecule has 0 aliphatic heterocycles. The lowest BCUT2D eigenvalue weighted by Crippen LogP contribution is -1.88. The molecule has 0 aromatic heterocycles. The van der Waals surface area contributed by atoms with E-state index in [1.54, 1.807) is 24.3 Å². The Labute approximate surface area is 70.9 Å². The van der Waals surface area contributed by atoms with Gasteiger partial charge in [-0.25, -0.2) is 0 Å². The number of aliphatic imine (C=N–C) groups is 1. The molecule has 1 rings (SSSR count). The highest BCUT2D eigenvalue weighted by Gasteiger charge is 1.89. The van der Waals surface area contributed by atoms with E-state index in [0.29, 0.717) is 11.4 Å². The summed E-state index contributed by atoms with van der Waals surface area (Å²) in [5.74, 6) is -0.0718. The average molecular weight is 162 g/mol. The molecule has 0 amide bonds. The average Bonchev–Trinajstić information content (AvgIpc) is 2.01. The third-order valence-corrected chi connectivity index (χ3v) is 1.27. The molecule has 0 heterocycles. The number of carbonyl (C=O) groups excluding carboxylic acids is 1. The predicted octanol–water partition coefficient (Wildman–Crippen LogP) is 1.56. The van der Waals surface area contributed by atoms with E-state index in [1.165, 1.54) is 13.1 Å². The number of ketones is 1.